The minimum atomic E-state index is -1.03. The molecule has 20 heavy (non-hydrogen) atoms. The molecule has 0 radical (unpaired) electrons. The summed E-state index contributed by atoms with van der Waals surface area (Å²) in [4.78, 5) is 22.8. The second-order valence-corrected chi connectivity index (χ2v) is 4.00. The van der Waals surface area contributed by atoms with Gasteiger partial charge < -0.3 is 15.2 Å². The summed E-state index contributed by atoms with van der Waals surface area (Å²) in [6.07, 6.45) is 4.32. The third-order valence-electron chi connectivity index (χ3n) is 2.65. The summed E-state index contributed by atoms with van der Waals surface area (Å²) >= 11 is 0. The van der Waals surface area contributed by atoms with Gasteiger partial charge in [0, 0.05) is 31.5 Å². The van der Waals surface area contributed by atoms with Gasteiger partial charge in [0.2, 0.25) is 5.88 Å². The quantitative estimate of drug-likeness (QED) is 0.806. The average Bonchev–Trinajstić information content (AvgIpc) is 2.48. The predicted octanol–water partition coefficient (Wildman–Crippen LogP) is 0.868. The van der Waals surface area contributed by atoms with E-state index in [9.17, 15) is 4.79 Å². The molecule has 0 aliphatic rings. The molecule has 0 unspecified atom stereocenters. The third-order valence-corrected chi connectivity index (χ3v) is 2.65. The third kappa shape index (κ3) is 3.48. The van der Waals surface area contributed by atoms with Gasteiger partial charge in [-0.1, -0.05) is 6.07 Å². The van der Waals surface area contributed by atoms with Crippen LogP contribution in [0.15, 0.2) is 30.9 Å². The molecule has 2 heterocycles. The van der Waals surface area contributed by atoms with Crippen LogP contribution in [0.3, 0.4) is 0 Å². The van der Waals surface area contributed by atoms with Crippen molar-refractivity contribution in [1.29, 1.82) is 0 Å². The van der Waals surface area contributed by atoms with Crippen molar-refractivity contribution < 1.29 is 14.6 Å². The summed E-state index contributed by atoms with van der Waals surface area (Å²) in [5, 5.41) is 12.1. The zero-order valence-corrected chi connectivity index (χ0v) is 10.9. The Balaban J connectivity index is 1.94. The van der Waals surface area contributed by atoms with Gasteiger partial charge in [-0.3, -0.25) is 0 Å². The van der Waals surface area contributed by atoms with Gasteiger partial charge in [-0.15, -0.1) is 0 Å². The number of carbonyl (C=O) groups is 1. The number of carboxylic acids is 1. The minimum absolute atomic E-state index is 0.104. The van der Waals surface area contributed by atoms with Gasteiger partial charge in [0.05, 0.1) is 12.8 Å². The van der Waals surface area contributed by atoms with Crippen LogP contribution in [0.1, 0.15) is 21.6 Å². The lowest BCUT2D eigenvalue weighted by Gasteiger charge is -2.07. The van der Waals surface area contributed by atoms with Crippen molar-refractivity contribution >= 4 is 5.97 Å². The highest BCUT2D eigenvalue weighted by molar-refractivity contribution is 5.88. The van der Waals surface area contributed by atoms with Crippen LogP contribution in [0.25, 0.3) is 0 Å². The molecule has 0 amide bonds. The maximum absolute atomic E-state index is 11.0. The molecule has 0 aromatic carbocycles. The van der Waals surface area contributed by atoms with Crippen molar-refractivity contribution in [2.75, 3.05) is 7.11 Å². The van der Waals surface area contributed by atoms with E-state index >= 15 is 0 Å². The van der Waals surface area contributed by atoms with Gasteiger partial charge in [-0.25, -0.2) is 19.7 Å². The van der Waals surface area contributed by atoms with Crippen molar-refractivity contribution in [1.82, 2.24) is 20.3 Å². The summed E-state index contributed by atoms with van der Waals surface area (Å²) in [7, 11) is 1.56. The van der Waals surface area contributed by atoms with Crippen molar-refractivity contribution in [3.63, 3.8) is 0 Å². The van der Waals surface area contributed by atoms with Crippen molar-refractivity contribution in [2.45, 2.75) is 13.1 Å². The lowest BCUT2D eigenvalue weighted by molar-refractivity contribution is 0.0694. The van der Waals surface area contributed by atoms with E-state index in [1.165, 1.54) is 12.5 Å². The number of hydrogen-bond donors (Lipinski definition) is 2. The van der Waals surface area contributed by atoms with E-state index in [0.29, 0.717) is 24.7 Å². The molecule has 0 saturated heterocycles. The van der Waals surface area contributed by atoms with E-state index < -0.39 is 5.97 Å². The zero-order valence-electron chi connectivity index (χ0n) is 10.9. The molecule has 2 aromatic rings. The van der Waals surface area contributed by atoms with Gasteiger partial charge in [-0.2, -0.15) is 0 Å². The lowest BCUT2D eigenvalue weighted by atomic mass is 10.2. The maximum Gasteiger partial charge on any atom is 0.339 e. The zero-order chi connectivity index (χ0) is 14.4. The maximum atomic E-state index is 11.0. The SMILES string of the molecule is COc1ccc(CNCc2ncncc2C(=O)O)cn1. The molecule has 0 bridgehead atoms. The van der Waals surface area contributed by atoms with E-state index in [1.807, 2.05) is 6.07 Å². The van der Waals surface area contributed by atoms with Crippen LogP contribution in [0.4, 0.5) is 0 Å². The number of methoxy groups -OCH3 is 1. The summed E-state index contributed by atoms with van der Waals surface area (Å²) in [6, 6.07) is 3.65. The molecular formula is C13H14N4O3. The molecule has 0 fully saturated rings. The molecule has 0 saturated carbocycles. The van der Waals surface area contributed by atoms with E-state index in [4.69, 9.17) is 9.84 Å². The Kier molecular flexibility index (Phi) is 4.56. The molecule has 0 aliphatic heterocycles. The van der Waals surface area contributed by atoms with Gasteiger partial charge >= 0.3 is 5.97 Å². The van der Waals surface area contributed by atoms with Gasteiger partial charge in [0.25, 0.3) is 0 Å². The first-order valence-corrected chi connectivity index (χ1v) is 5.92. The lowest BCUT2D eigenvalue weighted by Crippen LogP contribution is -2.17. The van der Waals surface area contributed by atoms with Crippen LogP contribution in [-0.4, -0.2) is 33.1 Å². The number of carboxylic acid groups (broad SMARTS) is 1. The Morgan fingerprint density at radius 3 is 2.80 bits per heavy atom. The predicted molar refractivity (Wildman–Crippen MR) is 70.3 cm³/mol. The normalized spacial score (nSPS) is 10.2. The molecule has 104 valence electrons. The van der Waals surface area contributed by atoms with E-state index in [2.05, 4.69) is 20.3 Å². The van der Waals surface area contributed by atoms with E-state index in [0.717, 1.165) is 5.56 Å². The number of pyridine rings is 1. The second kappa shape index (κ2) is 6.58. The summed E-state index contributed by atoms with van der Waals surface area (Å²) in [5.41, 5.74) is 1.53. The van der Waals surface area contributed by atoms with Crippen LogP contribution in [0, 0.1) is 0 Å². The molecule has 2 aromatic heterocycles. The van der Waals surface area contributed by atoms with Crippen LogP contribution < -0.4 is 10.1 Å². The van der Waals surface area contributed by atoms with Crippen molar-refractivity contribution in [3.05, 3.63) is 47.7 Å². The molecule has 7 heteroatoms. The first kappa shape index (κ1) is 13.9. The van der Waals surface area contributed by atoms with Crippen LogP contribution in [0.2, 0.25) is 0 Å². The molecule has 0 spiro atoms. The molecule has 2 rings (SSSR count). The first-order chi connectivity index (χ1) is 9.70. The second-order valence-electron chi connectivity index (χ2n) is 4.00. The number of aromatic carboxylic acids is 1. The number of nitrogens with zero attached hydrogens (tertiary/aromatic N) is 3. The van der Waals surface area contributed by atoms with Gasteiger partial charge in [0.15, 0.2) is 0 Å². The molecule has 0 atom stereocenters. The monoisotopic (exact) mass is 274 g/mol. The van der Waals surface area contributed by atoms with Crippen molar-refractivity contribution in [2.24, 2.45) is 0 Å². The highest BCUT2D eigenvalue weighted by Crippen LogP contribution is 2.07. The number of rotatable bonds is 6. The smallest absolute Gasteiger partial charge is 0.339 e. The number of aromatic nitrogens is 3. The van der Waals surface area contributed by atoms with Crippen LogP contribution in [-0.2, 0) is 13.1 Å². The highest BCUT2D eigenvalue weighted by atomic mass is 16.5. The van der Waals surface area contributed by atoms with E-state index in [-0.39, 0.29) is 5.56 Å². The molecule has 0 aliphatic carbocycles. The molecule has 7 nitrogen and oxygen atoms in total. The Morgan fingerprint density at radius 1 is 1.30 bits per heavy atom. The molecule has 2 N–H and O–H groups in total. The van der Waals surface area contributed by atoms with Crippen LogP contribution >= 0.6 is 0 Å². The molecular weight excluding hydrogens is 260 g/mol. The Labute approximate surface area is 115 Å². The Morgan fingerprint density at radius 2 is 2.15 bits per heavy atom. The van der Waals surface area contributed by atoms with Crippen molar-refractivity contribution in [3.8, 4) is 5.88 Å². The topological polar surface area (TPSA) is 97.2 Å². The van der Waals surface area contributed by atoms with Crippen LogP contribution in [0.5, 0.6) is 5.88 Å². The number of nitrogens with one attached hydrogen (secondary N) is 1. The van der Waals surface area contributed by atoms with Gasteiger partial charge in [-0.05, 0) is 5.56 Å². The van der Waals surface area contributed by atoms with Gasteiger partial charge in [0.1, 0.15) is 11.9 Å². The number of hydrogen-bond acceptors (Lipinski definition) is 6. The summed E-state index contributed by atoms with van der Waals surface area (Å²) < 4.78 is 4.97. The fraction of sp³-hybridized carbons (Fsp3) is 0.231. The number of ether oxygens (including phenoxy) is 1. The summed E-state index contributed by atoms with van der Waals surface area (Å²) in [6.45, 7) is 0.899. The Bertz CT molecular complexity index is 586. The highest BCUT2D eigenvalue weighted by Gasteiger charge is 2.10. The summed E-state index contributed by atoms with van der Waals surface area (Å²) in [5.74, 6) is -0.480. The Hall–Kier alpha value is -2.54. The first-order valence-electron chi connectivity index (χ1n) is 5.92. The minimum Gasteiger partial charge on any atom is -0.481 e. The van der Waals surface area contributed by atoms with E-state index in [1.54, 1.807) is 19.4 Å². The average molecular weight is 274 g/mol. The standard InChI is InChI=1S/C13H14N4O3/c1-20-12-3-2-9(5-16-12)4-14-7-11-10(13(18)19)6-15-8-17-11/h2-3,5-6,8,14H,4,7H2,1H3,(H,18,19). The fourth-order valence-corrected chi connectivity index (χ4v) is 1.64. The largest absolute Gasteiger partial charge is 0.481 e. The fourth-order valence-electron chi connectivity index (χ4n) is 1.64.